The SMILES string of the molecule is CCOC(=O)CC(C)=N.Cl. The molecular formula is C6H12ClNO2. The predicted octanol–water partition coefficient (Wildman–Crippen LogP) is 1.40. The molecule has 0 aromatic rings. The first-order valence-corrected chi connectivity index (χ1v) is 2.86. The van der Waals surface area contributed by atoms with Gasteiger partial charge in [0.2, 0.25) is 0 Å². The van der Waals surface area contributed by atoms with Crippen LogP contribution < -0.4 is 0 Å². The number of rotatable bonds is 3. The third-order valence-corrected chi connectivity index (χ3v) is 0.715. The van der Waals surface area contributed by atoms with Gasteiger partial charge < -0.3 is 10.1 Å². The van der Waals surface area contributed by atoms with Crippen molar-refractivity contribution < 1.29 is 9.53 Å². The summed E-state index contributed by atoms with van der Waals surface area (Å²) in [5, 5.41) is 6.90. The van der Waals surface area contributed by atoms with Crippen LogP contribution in [0.25, 0.3) is 0 Å². The van der Waals surface area contributed by atoms with Crippen molar-refractivity contribution in [1.82, 2.24) is 0 Å². The van der Waals surface area contributed by atoms with E-state index in [0.29, 0.717) is 12.3 Å². The maximum atomic E-state index is 10.5. The van der Waals surface area contributed by atoms with Crippen LogP contribution in [-0.4, -0.2) is 18.3 Å². The fourth-order valence-electron chi connectivity index (χ4n) is 0.429. The van der Waals surface area contributed by atoms with Gasteiger partial charge in [0.15, 0.2) is 0 Å². The first kappa shape index (κ1) is 12.1. The molecule has 3 nitrogen and oxygen atoms in total. The molecule has 0 heterocycles. The molecule has 10 heavy (non-hydrogen) atoms. The highest BCUT2D eigenvalue weighted by molar-refractivity contribution is 5.95. The number of nitrogens with one attached hydrogen (secondary N) is 1. The summed E-state index contributed by atoms with van der Waals surface area (Å²) >= 11 is 0. The molecule has 0 fully saturated rings. The highest BCUT2D eigenvalue weighted by Gasteiger charge is 2.00. The predicted molar refractivity (Wildman–Crippen MR) is 41.9 cm³/mol. The summed E-state index contributed by atoms with van der Waals surface area (Å²) in [7, 11) is 0. The van der Waals surface area contributed by atoms with Crippen LogP contribution in [0, 0.1) is 5.41 Å². The summed E-state index contributed by atoms with van der Waals surface area (Å²) in [5.41, 5.74) is 0.341. The summed E-state index contributed by atoms with van der Waals surface area (Å²) in [6.07, 6.45) is 0.119. The fraction of sp³-hybridized carbons (Fsp3) is 0.667. The van der Waals surface area contributed by atoms with Gasteiger partial charge in [0.1, 0.15) is 0 Å². The van der Waals surface area contributed by atoms with Gasteiger partial charge in [-0.3, -0.25) is 4.79 Å². The maximum Gasteiger partial charge on any atom is 0.311 e. The Hall–Kier alpha value is -0.570. The molecule has 0 aliphatic carbocycles. The molecule has 0 atom stereocenters. The van der Waals surface area contributed by atoms with E-state index >= 15 is 0 Å². The lowest BCUT2D eigenvalue weighted by Crippen LogP contribution is -2.07. The van der Waals surface area contributed by atoms with Crippen LogP contribution in [0.1, 0.15) is 20.3 Å². The average Bonchev–Trinajstić information content (AvgIpc) is 1.63. The van der Waals surface area contributed by atoms with E-state index in [1.54, 1.807) is 13.8 Å². The van der Waals surface area contributed by atoms with Crippen LogP contribution in [0.15, 0.2) is 0 Å². The molecule has 4 heteroatoms. The number of carbonyl (C=O) groups is 1. The first-order chi connectivity index (χ1) is 4.16. The van der Waals surface area contributed by atoms with Gasteiger partial charge in [0, 0.05) is 5.71 Å². The lowest BCUT2D eigenvalue weighted by molar-refractivity contribution is -0.141. The van der Waals surface area contributed by atoms with Gasteiger partial charge in [0.25, 0.3) is 0 Å². The lowest BCUT2D eigenvalue weighted by atomic mass is 10.3. The van der Waals surface area contributed by atoms with Crippen molar-refractivity contribution in [3.8, 4) is 0 Å². The number of hydrogen-bond donors (Lipinski definition) is 1. The second-order valence-electron chi connectivity index (χ2n) is 1.76. The van der Waals surface area contributed by atoms with Crippen molar-refractivity contribution in [2.75, 3.05) is 6.61 Å². The second kappa shape index (κ2) is 6.55. The van der Waals surface area contributed by atoms with Crippen molar-refractivity contribution in [2.45, 2.75) is 20.3 Å². The van der Waals surface area contributed by atoms with Crippen LogP contribution in [0.5, 0.6) is 0 Å². The van der Waals surface area contributed by atoms with E-state index in [0.717, 1.165) is 0 Å². The smallest absolute Gasteiger partial charge is 0.311 e. The lowest BCUT2D eigenvalue weighted by Gasteiger charge is -1.97. The Balaban J connectivity index is 0. The number of ether oxygens (including phenoxy) is 1. The Morgan fingerprint density at radius 1 is 1.60 bits per heavy atom. The van der Waals surface area contributed by atoms with Crippen LogP contribution in [0.2, 0.25) is 0 Å². The quantitative estimate of drug-likeness (QED) is 0.508. The molecular weight excluding hydrogens is 154 g/mol. The summed E-state index contributed by atoms with van der Waals surface area (Å²) in [4.78, 5) is 10.5. The number of esters is 1. The molecule has 0 aliphatic rings. The Kier molecular flexibility index (Phi) is 7.95. The van der Waals surface area contributed by atoms with Crippen LogP contribution in [0.3, 0.4) is 0 Å². The zero-order valence-electron chi connectivity index (χ0n) is 6.14. The van der Waals surface area contributed by atoms with E-state index in [-0.39, 0.29) is 24.8 Å². The molecule has 0 rings (SSSR count). The van der Waals surface area contributed by atoms with Gasteiger partial charge in [-0.1, -0.05) is 0 Å². The fourth-order valence-corrected chi connectivity index (χ4v) is 0.429. The largest absolute Gasteiger partial charge is 0.466 e. The van der Waals surface area contributed by atoms with E-state index in [4.69, 9.17) is 5.41 Å². The zero-order valence-corrected chi connectivity index (χ0v) is 6.96. The van der Waals surface area contributed by atoms with E-state index in [9.17, 15) is 4.79 Å². The topological polar surface area (TPSA) is 50.2 Å². The molecule has 0 saturated heterocycles. The van der Waals surface area contributed by atoms with E-state index in [1.807, 2.05) is 0 Å². The molecule has 1 N–H and O–H groups in total. The minimum Gasteiger partial charge on any atom is -0.466 e. The maximum absolute atomic E-state index is 10.5. The van der Waals surface area contributed by atoms with Crippen LogP contribution in [0.4, 0.5) is 0 Å². The molecule has 0 radical (unpaired) electrons. The van der Waals surface area contributed by atoms with Gasteiger partial charge in [-0.2, -0.15) is 0 Å². The Morgan fingerprint density at radius 3 is 2.40 bits per heavy atom. The standard InChI is InChI=1S/C6H11NO2.ClH/c1-3-9-6(8)4-5(2)7;/h7H,3-4H2,1-2H3;1H. The number of hydrogen-bond acceptors (Lipinski definition) is 3. The third-order valence-electron chi connectivity index (χ3n) is 0.715. The summed E-state index contributed by atoms with van der Waals surface area (Å²) in [6, 6.07) is 0. The molecule has 0 aromatic heterocycles. The van der Waals surface area contributed by atoms with Crippen LogP contribution >= 0.6 is 12.4 Å². The van der Waals surface area contributed by atoms with Gasteiger partial charge in [-0.25, -0.2) is 0 Å². The normalized spacial score (nSPS) is 7.80. The number of halogens is 1. The van der Waals surface area contributed by atoms with E-state index in [1.165, 1.54) is 0 Å². The van der Waals surface area contributed by atoms with E-state index in [2.05, 4.69) is 4.74 Å². The molecule has 0 amide bonds. The molecule has 0 saturated carbocycles. The highest BCUT2D eigenvalue weighted by atomic mass is 35.5. The zero-order chi connectivity index (χ0) is 7.28. The van der Waals surface area contributed by atoms with Gasteiger partial charge in [-0.15, -0.1) is 12.4 Å². The molecule has 0 unspecified atom stereocenters. The van der Waals surface area contributed by atoms with Gasteiger partial charge >= 0.3 is 5.97 Å². The Bertz CT molecular complexity index is 125. The number of carbonyl (C=O) groups excluding carboxylic acids is 1. The second-order valence-corrected chi connectivity index (χ2v) is 1.76. The van der Waals surface area contributed by atoms with Gasteiger partial charge in [0.05, 0.1) is 13.0 Å². The van der Waals surface area contributed by atoms with Crippen molar-refractivity contribution in [3.05, 3.63) is 0 Å². The molecule has 60 valence electrons. The Labute approximate surface area is 66.7 Å². The van der Waals surface area contributed by atoms with Crippen molar-refractivity contribution in [2.24, 2.45) is 0 Å². The summed E-state index contributed by atoms with van der Waals surface area (Å²) in [5.74, 6) is -0.315. The molecule has 0 spiro atoms. The Morgan fingerprint density at radius 2 is 2.10 bits per heavy atom. The third kappa shape index (κ3) is 7.43. The van der Waals surface area contributed by atoms with E-state index < -0.39 is 0 Å². The average molecular weight is 166 g/mol. The molecule has 0 aromatic carbocycles. The van der Waals surface area contributed by atoms with Crippen molar-refractivity contribution in [1.29, 1.82) is 5.41 Å². The summed E-state index contributed by atoms with van der Waals surface area (Å²) < 4.78 is 4.57. The molecule has 0 aliphatic heterocycles. The monoisotopic (exact) mass is 165 g/mol. The van der Waals surface area contributed by atoms with Crippen LogP contribution in [-0.2, 0) is 9.53 Å². The van der Waals surface area contributed by atoms with Crippen molar-refractivity contribution in [3.63, 3.8) is 0 Å². The first-order valence-electron chi connectivity index (χ1n) is 2.86. The minimum atomic E-state index is -0.315. The summed E-state index contributed by atoms with van der Waals surface area (Å²) in [6.45, 7) is 3.72. The van der Waals surface area contributed by atoms with Crippen molar-refractivity contribution >= 4 is 24.1 Å². The molecule has 0 bridgehead atoms. The van der Waals surface area contributed by atoms with Gasteiger partial charge in [-0.05, 0) is 13.8 Å². The highest BCUT2D eigenvalue weighted by Crippen LogP contribution is 1.86. The minimum absolute atomic E-state index is 0.